The van der Waals surface area contributed by atoms with E-state index < -0.39 is 0 Å². The van der Waals surface area contributed by atoms with E-state index in [9.17, 15) is 4.39 Å². The van der Waals surface area contributed by atoms with Crippen LogP contribution < -0.4 is 0 Å². The maximum Gasteiger partial charge on any atom is 0.137 e. The van der Waals surface area contributed by atoms with Crippen LogP contribution in [0.25, 0.3) is 0 Å². The van der Waals surface area contributed by atoms with Crippen molar-refractivity contribution in [1.82, 2.24) is 0 Å². The average molecular weight is 169 g/mol. The predicted molar refractivity (Wildman–Crippen MR) is 52.0 cm³/mol. The first-order valence-electron chi connectivity index (χ1n) is 3.93. The van der Waals surface area contributed by atoms with Crippen molar-refractivity contribution in [2.75, 3.05) is 0 Å². The summed E-state index contributed by atoms with van der Waals surface area (Å²) in [6.45, 7) is 11.3. The Kier molecular flexibility index (Phi) is 3.87. The quantitative estimate of drug-likeness (QED) is 0.561. The summed E-state index contributed by atoms with van der Waals surface area (Å²) < 4.78 is 12.6. The van der Waals surface area contributed by atoms with Gasteiger partial charge in [0.1, 0.15) is 5.83 Å². The Morgan fingerprint density at radius 3 is 2.25 bits per heavy atom. The third-order valence-electron chi connectivity index (χ3n) is 1.49. The van der Waals surface area contributed by atoms with Gasteiger partial charge in [0.2, 0.25) is 0 Å². The number of rotatable bonds is 2. The van der Waals surface area contributed by atoms with Crippen LogP contribution in [0.5, 0.6) is 0 Å². The first kappa shape index (κ1) is 11.1. The van der Waals surface area contributed by atoms with Crippen LogP contribution in [0, 0.1) is 5.41 Å². The smallest absolute Gasteiger partial charge is 0.137 e. The molecule has 0 rings (SSSR count). The normalized spacial score (nSPS) is 13.9. The summed E-state index contributed by atoms with van der Waals surface area (Å²) in [5.74, 6) is -0.333. The Morgan fingerprint density at radius 2 is 1.92 bits per heavy atom. The van der Waals surface area contributed by atoms with Gasteiger partial charge in [0.15, 0.2) is 0 Å². The fourth-order valence-corrected chi connectivity index (χ4v) is 0.408. The van der Waals surface area contributed by atoms with Gasteiger partial charge in [-0.25, -0.2) is 4.39 Å². The van der Waals surface area contributed by atoms with E-state index in [1.807, 2.05) is 20.8 Å². The van der Waals surface area contributed by atoms with Crippen molar-refractivity contribution in [3.63, 3.8) is 0 Å². The van der Waals surface area contributed by atoms with Crippen LogP contribution in [0.15, 0.2) is 29.2 Å². The zero-order valence-corrected chi connectivity index (χ0v) is 8.19. The van der Waals surface area contributed by atoms with Crippen molar-refractivity contribution < 1.29 is 4.39 Å². The molecule has 0 aliphatic carbocycles. The largest absolute Gasteiger partial charge is 0.258 e. The molecule has 0 fully saturated rings. The monoisotopic (exact) mass is 169 g/mol. The number of hydrogen-bond acceptors (Lipinski definition) is 1. The molecule has 68 valence electrons. The van der Waals surface area contributed by atoms with E-state index in [0.29, 0.717) is 5.70 Å². The van der Waals surface area contributed by atoms with Crippen molar-refractivity contribution >= 4 is 6.21 Å². The molecule has 0 amide bonds. The van der Waals surface area contributed by atoms with Crippen LogP contribution in [-0.4, -0.2) is 6.21 Å². The standard InChI is InChI=1S/C10H16FN/c1-6-9(11)7-12-8(2)10(3,4)5/h6-7H,2H2,1,3-5H3/b9-6+,12-7?. The lowest BCUT2D eigenvalue weighted by Crippen LogP contribution is -2.06. The van der Waals surface area contributed by atoms with Crippen LogP contribution >= 0.6 is 0 Å². The number of allylic oxidation sites excluding steroid dienone is 3. The molecule has 0 atom stereocenters. The van der Waals surface area contributed by atoms with E-state index in [1.165, 1.54) is 12.3 Å². The Labute approximate surface area is 73.7 Å². The highest BCUT2D eigenvalue weighted by molar-refractivity contribution is 5.76. The molecule has 0 saturated carbocycles. The minimum atomic E-state index is -0.333. The molecule has 0 aliphatic heterocycles. The van der Waals surface area contributed by atoms with E-state index in [0.717, 1.165) is 0 Å². The summed E-state index contributed by atoms with van der Waals surface area (Å²) in [5.41, 5.74) is 0.587. The number of nitrogens with zero attached hydrogens (tertiary/aromatic N) is 1. The van der Waals surface area contributed by atoms with Gasteiger partial charge in [-0.05, 0) is 6.92 Å². The fourth-order valence-electron chi connectivity index (χ4n) is 0.408. The van der Waals surface area contributed by atoms with Gasteiger partial charge < -0.3 is 0 Å². The second-order valence-electron chi connectivity index (χ2n) is 3.63. The first-order chi connectivity index (χ1) is 5.38. The molecule has 2 heteroatoms. The molecule has 0 radical (unpaired) electrons. The van der Waals surface area contributed by atoms with Crippen LogP contribution in [0.2, 0.25) is 0 Å². The molecule has 0 aromatic carbocycles. The lowest BCUT2D eigenvalue weighted by Gasteiger charge is -2.16. The predicted octanol–water partition coefficient (Wildman–Crippen LogP) is 3.49. The summed E-state index contributed by atoms with van der Waals surface area (Å²) in [6.07, 6.45) is 2.55. The molecular weight excluding hydrogens is 153 g/mol. The second-order valence-corrected chi connectivity index (χ2v) is 3.63. The van der Waals surface area contributed by atoms with E-state index in [4.69, 9.17) is 0 Å². The maximum atomic E-state index is 12.6. The molecule has 1 nitrogen and oxygen atoms in total. The van der Waals surface area contributed by atoms with Gasteiger partial charge in [0.25, 0.3) is 0 Å². The number of aliphatic imine (C=N–C) groups is 1. The highest BCUT2D eigenvalue weighted by atomic mass is 19.1. The molecule has 0 bridgehead atoms. The molecule has 0 aromatic heterocycles. The van der Waals surface area contributed by atoms with Crippen molar-refractivity contribution in [3.8, 4) is 0 Å². The highest BCUT2D eigenvalue weighted by Crippen LogP contribution is 2.23. The van der Waals surface area contributed by atoms with Crippen molar-refractivity contribution in [1.29, 1.82) is 0 Å². The van der Waals surface area contributed by atoms with Gasteiger partial charge in [0.05, 0.1) is 6.21 Å². The molecule has 0 aliphatic rings. The molecule has 0 spiro atoms. The highest BCUT2D eigenvalue weighted by Gasteiger charge is 2.13. The van der Waals surface area contributed by atoms with Crippen LogP contribution in [0.4, 0.5) is 4.39 Å². The van der Waals surface area contributed by atoms with Gasteiger partial charge in [-0.3, -0.25) is 4.99 Å². The van der Waals surface area contributed by atoms with Crippen molar-refractivity contribution in [2.24, 2.45) is 10.4 Å². The fraction of sp³-hybridized carbons (Fsp3) is 0.500. The van der Waals surface area contributed by atoms with E-state index >= 15 is 0 Å². The van der Waals surface area contributed by atoms with Gasteiger partial charge >= 0.3 is 0 Å². The number of halogens is 1. The van der Waals surface area contributed by atoms with Crippen molar-refractivity contribution in [3.05, 3.63) is 24.2 Å². The molecule has 0 aromatic rings. The van der Waals surface area contributed by atoms with E-state index in [1.54, 1.807) is 6.92 Å². The van der Waals surface area contributed by atoms with E-state index in [-0.39, 0.29) is 11.2 Å². The second kappa shape index (κ2) is 4.19. The molecule has 0 heterocycles. The maximum absolute atomic E-state index is 12.6. The lowest BCUT2D eigenvalue weighted by molar-refractivity contribution is 0.500. The van der Waals surface area contributed by atoms with Gasteiger partial charge in [-0.1, -0.05) is 33.4 Å². The summed E-state index contributed by atoms with van der Waals surface area (Å²) in [7, 11) is 0. The van der Waals surface area contributed by atoms with Crippen LogP contribution in [0.3, 0.4) is 0 Å². The molecular formula is C10H16FN. The molecule has 0 saturated heterocycles. The molecule has 12 heavy (non-hydrogen) atoms. The van der Waals surface area contributed by atoms with Crippen LogP contribution in [-0.2, 0) is 0 Å². The Balaban J connectivity index is 4.29. The van der Waals surface area contributed by atoms with E-state index in [2.05, 4.69) is 11.6 Å². The topological polar surface area (TPSA) is 12.4 Å². The van der Waals surface area contributed by atoms with Gasteiger partial charge in [0, 0.05) is 11.1 Å². The van der Waals surface area contributed by atoms with Gasteiger partial charge in [-0.2, -0.15) is 0 Å². The summed E-state index contributed by atoms with van der Waals surface area (Å²) >= 11 is 0. The summed E-state index contributed by atoms with van der Waals surface area (Å²) in [4.78, 5) is 3.90. The first-order valence-corrected chi connectivity index (χ1v) is 3.93. The van der Waals surface area contributed by atoms with Gasteiger partial charge in [-0.15, -0.1) is 0 Å². The lowest BCUT2D eigenvalue weighted by atomic mass is 9.93. The number of hydrogen-bond donors (Lipinski definition) is 0. The zero-order valence-electron chi connectivity index (χ0n) is 8.19. The van der Waals surface area contributed by atoms with Crippen LogP contribution in [0.1, 0.15) is 27.7 Å². The zero-order chi connectivity index (χ0) is 9.78. The summed E-state index contributed by atoms with van der Waals surface area (Å²) in [6, 6.07) is 0. The van der Waals surface area contributed by atoms with Crippen molar-refractivity contribution in [2.45, 2.75) is 27.7 Å². The summed E-state index contributed by atoms with van der Waals surface area (Å²) in [5, 5.41) is 0. The minimum absolute atomic E-state index is 0.0927. The Morgan fingerprint density at radius 1 is 1.42 bits per heavy atom. The Bertz CT molecular complexity index is 218. The molecule has 0 unspecified atom stereocenters. The molecule has 0 N–H and O–H groups in total. The average Bonchev–Trinajstić information content (AvgIpc) is 1.97. The third-order valence-corrected chi connectivity index (χ3v) is 1.49. The Hall–Kier alpha value is -0.920. The third kappa shape index (κ3) is 4.06. The SMILES string of the molecule is C=C(N=C/C(F)=C\C)C(C)(C)C. The minimum Gasteiger partial charge on any atom is -0.258 e.